The molecule has 0 bridgehead atoms. The molecule has 174 valence electrons. The van der Waals surface area contributed by atoms with E-state index in [1.54, 1.807) is 0 Å². The fourth-order valence-electron chi connectivity index (χ4n) is 4.18. The number of carbonyl (C=O) groups is 1. The van der Waals surface area contributed by atoms with Crippen LogP contribution >= 0.6 is 27.3 Å². The Balaban J connectivity index is 1.46. The molecule has 0 saturated carbocycles. The molecule has 1 amide bonds. The van der Waals surface area contributed by atoms with E-state index in [4.69, 9.17) is 0 Å². The van der Waals surface area contributed by atoms with Gasteiger partial charge in [0, 0.05) is 23.1 Å². The van der Waals surface area contributed by atoms with Gasteiger partial charge in [0.25, 0.3) is 15.9 Å². The molecule has 9 heteroatoms. The standard InChI is InChI=1S/C25H22BrN3O3S2/c1-2-14-28-22-12-9-19(26)16-23(22)33-25(28)27-24(30)18-7-10-20(11-8-18)34(31,32)29-15-13-17-5-3-4-6-21(17)29/h3-12,16H,2,13-15H2,1H3. The number of nitrogens with zero attached hydrogens (tertiary/aromatic N) is 3. The van der Waals surface area contributed by atoms with Crippen molar-refractivity contribution in [2.24, 2.45) is 4.99 Å². The highest BCUT2D eigenvalue weighted by molar-refractivity contribution is 9.10. The number of carbonyl (C=O) groups excluding carboxylic acids is 1. The second-order valence-corrected chi connectivity index (χ2v) is 11.8. The Morgan fingerprint density at radius 3 is 2.62 bits per heavy atom. The molecule has 5 rings (SSSR count). The number of amides is 1. The molecule has 0 unspecified atom stereocenters. The lowest BCUT2D eigenvalue weighted by atomic mass is 10.2. The molecule has 0 atom stereocenters. The van der Waals surface area contributed by atoms with Gasteiger partial charge in [-0.25, -0.2) is 8.42 Å². The van der Waals surface area contributed by atoms with E-state index in [9.17, 15) is 13.2 Å². The van der Waals surface area contributed by atoms with Crippen molar-refractivity contribution in [2.75, 3.05) is 10.8 Å². The minimum Gasteiger partial charge on any atom is -0.316 e. The number of aromatic nitrogens is 1. The van der Waals surface area contributed by atoms with Crippen LogP contribution in [-0.4, -0.2) is 25.4 Å². The Morgan fingerprint density at radius 2 is 1.85 bits per heavy atom. The maximum atomic E-state index is 13.2. The molecule has 1 aliphatic rings. The lowest BCUT2D eigenvalue weighted by molar-refractivity contribution is 0.0997. The fourth-order valence-corrected chi connectivity index (χ4v) is 7.29. The summed E-state index contributed by atoms with van der Waals surface area (Å²) in [5.41, 5.74) is 3.12. The Kier molecular flexibility index (Phi) is 6.18. The van der Waals surface area contributed by atoms with E-state index in [-0.39, 0.29) is 4.90 Å². The Morgan fingerprint density at radius 1 is 1.09 bits per heavy atom. The van der Waals surface area contributed by atoms with Crippen LogP contribution < -0.4 is 9.11 Å². The largest absolute Gasteiger partial charge is 0.316 e. The third kappa shape index (κ3) is 4.12. The maximum Gasteiger partial charge on any atom is 0.279 e. The van der Waals surface area contributed by atoms with E-state index in [0.29, 0.717) is 23.3 Å². The van der Waals surface area contributed by atoms with Crippen molar-refractivity contribution in [3.8, 4) is 0 Å². The number of halogens is 1. The van der Waals surface area contributed by atoms with Crippen molar-refractivity contribution >= 4 is 59.1 Å². The van der Waals surface area contributed by atoms with Gasteiger partial charge >= 0.3 is 0 Å². The number of anilines is 1. The molecule has 0 N–H and O–H groups in total. The molecular weight excluding hydrogens is 534 g/mol. The van der Waals surface area contributed by atoms with E-state index in [2.05, 4.69) is 27.8 Å². The summed E-state index contributed by atoms with van der Waals surface area (Å²) in [5.74, 6) is -0.397. The van der Waals surface area contributed by atoms with Crippen LogP contribution in [0.4, 0.5) is 5.69 Å². The van der Waals surface area contributed by atoms with Crippen LogP contribution in [0.5, 0.6) is 0 Å². The molecule has 6 nitrogen and oxygen atoms in total. The molecule has 34 heavy (non-hydrogen) atoms. The van der Waals surface area contributed by atoms with Crippen molar-refractivity contribution in [3.05, 3.63) is 87.1 Å². The third-order valence-electron chi connectivity index (χ3n) is 5.82. The van der Waals surface area contributed by atoms with Crippen LogP contribution in [0.15, 0.2) is 81.1 Å². The number of sulfonamides is 1. The van der Waals surface area contributed by atoms with Crippen LogP contribution in [0, 0.1) is 0 Å². The number of aryl methyl sites for hydroxylation is 1. The molecule has 0 fully saturated rings. The van der Waals surface area contributed by atoms with E-state index < -0.39 is 15.9 Å². The van der Waals surface area contributed by atoms with Gasteiger partial charge in [0.15, 0.2) is 4.80 Å². The second-order valence-electron chi connectivity index (χ2n) is 8.05. The van der Waals surface area contributed by atoms with Gasteiger partial charge in [-0.3, -0.25) is 9.10 Å². The summed E-state index contributed by atoms with van der Waals surface area (Å²) in [5, 5.41) is 0. The average molecular weight is 557 g/mol. The minimum atomic E-state index is -3.70. The summed E-state index contributed by atoms with van der Waals surface area (Å²) in [4.78, 5) is 18.1. The molecule has 0 saturated heterocycles. The molecule has 0 radical (unpaired) electrons. The first kappa shape index (κ1) is 23.0. The zero-order chi connectivity index (χ0) is 23.9. The fraction of sp³-hybridized carbons (Fsp3) is 0.200. The highest BCUT2D eigenvalue weighted by Crippen LogP contribution is 2.32. The first-order chi connectivity index (χ1) is 16.4. The summed E-state index contributed by atoms with van der Waals surface area (Å²) in [6, 6.07) is 19.6. The predicted molar refractivity (Wildman–Crippen MR) is 139 cm³/mol. The van der Waals surface area contributed by atoms with Gasteiger partial charge < -0.3 is 4.57 Å². The molecule has 2 heterocycles. The topological polar surface area (TPSA) is 71.7 Å². The smallest absolute Gasteiger partial charge is 0.279 e. The van der Waals surface area contributed by atoms with Gasteiger partial charge in [-0.05, 0) is 66.9 Å². The highest BCUT2D eigenvalue weighted by atomic mass is 79.9. The lowest BCUT2D eigenvalue weighted by Crippen LogP contribution is -2.29. The normalized spacial score (nSPS) is 14.1. The van der Waals surface area contributed by atoms with E-state index >= 15 is 0 Å². The second kappa shape index (κ2) is 9.13. The average Bonchev–Trinajstić information content (AvgIpc) is 3.41. The van der Waals surface area contributed by atoms with Crippen LogP contribution in [0.2, 0.25) is 0 Å². The molecule has 4 aromatic rings. The number of hydrogen-bond acceptors (Lipinski definition) is 4. The van der Waals surface area contributed by atoms with Crippen LogP contribution in [-0.2, 0) is 23.0 Å². The van der Waals surface area contributed by atoms with E-state index in [0.717, 1.165) is 38.9 Å². The van der Waals surface area contributed by atoms with E-state index in [1.165, 1.54) is 39.9 Å². The van der Waals surface area contributed by atoms with Crippen molar-refractivity contribution in [1.29, 1.82) is 0 Å². The SMILES string of the molecule is CCCn1c(=NC(=O)c2ccc(S(=O)(=O)N3CCc4ccccc43)cc2)sc2cc(Br)ccc21. The quantitative estimate of drug-likeness (QED) is 0.332. The number of benzene rings is 3. The molecule has 1 aromatic heterocycles. The van der Waals surface area contributed by atoms with Crippen LogP contribution in [0.25, 0.3) is 10.2 Å². The summed E-state index contributed by atoms with van der Waals surface area (Å²) in [7, 11) is -3.70. The van der Waals surface area contributed by atoms with Gasteiger partial charge in [0.2, 0.25) is 0 Å². The van der Waals surface area contributed by atoms with Gasteiger partial charge in [0.05, 0.1) is 20.8 Å². The number of hydrogen-bond donors (Lipinski definition) is 0. The monoisotopic (exact) mass is 555 g/mol. The Labute approximate surface area is 210 Å². The summed E-state index contributed by atoms with van der Waals surface area (Å²) in [6.45, 7) is 3.25. The minimum absolute atomic E-state index is 0.161. The molecule has 0 spiro atoms. The molecule has 0 aliphatic carbocycles. The van der Waals surface area contributed by atoms with Gasteiger partial charge in [-0.15, -0.1) is 0 Å². The van der Waals surface area contributed by atoms with E-state index in [1.807, 2.05) is 47.0 Å². The molecule has 1 aliphatic heterocycles. The van der Waals surface area contributed by atoms with Gasteiger partial charge in [-0.1, -0.05) is 52.4 Å². The number of rotatable bonds is 5. The van der Waals surface area contributed by atoms with Crippen molar-refractivity contribution in [1.82, 2.24) is 4.57 Å². The zero-order valence-corrected chi connectivity index (χ0v) is 21.7. The molecular formula is C25H22BrN3O3S2. The molecule has 3 aromatic carbocycles. The number of thiazole rings is 1. The third-order valence-corrected chi connectivity index (χ3v) is 9.18. The van der Waals surface area contributed by atoms with Crippen molar-refractivity contribution < 1.29 is 13.2 Å². The highest BCUT2D eigenvalue weighted by Gasteiger charge is 2.30. The first-order valence-electron chi connectivity index (χ1n) is 11.0. The van der Waals surface area contributed by atoms with Crippen molar-refractivity contribution in [3.63, 3.8) is 0 Å². The lowest BCUT2D eigenvalue weighted by Gasteiger charge is -2.19. The summed E-state index contributed by atoms with van der Waals surface area (Å²) < 4.78 is 32.0. The Bertz CT molecular complexity index is 1570. The zero-order valence-electron chi connectivity index (χ0n) is 18.4. The van der Waals surface area contributed by atoms with Gasteiger partial charge in [-0.2, -0.15) is 4.99 Å². The number of fused-ring (bicyclic) bond motifs is 2. The Hall–Kier alpha value is -2.75. The van der Waals surface area contributed by atoms with Crippen LogP contribution in [0.1, 0.15) is 29.3 Å². The predicted octanol–water partition coefficient (Wildman–Crippen LogP) is 5.37. The maximum absolute atomic E-state index is 13.2. The van der Waals surface area contributed by atoms with Gasteiger partial charge in [0.1, 0.15) is 0 Å². The first-order valence-corrected chi connectivity index (χ1v) is 14.0. The number of para-hydroxylation sites is 1. The summed E-state index contributed by atoms with van der Waals surface area (Å²) >= 11 is 4.96. The summed E-state index contributed by atoms with van der Waals surface area (Å²) in [6.07, 6.45) is 1.60. The van der Waals surface area contributed by atoms with Crippen LogP contribution in [0.3, 0.4) is 0 Å². The van der Waals surface area contributed by atoms with Crippen molar-refractivity contribution in [2.45, 2.75) is 31.2 Å².